The van der Waals surface area contributed by atoms with Crippen molar-refractivity contribution in [2.45, 2.75) is 0 Å². The van der Waals surface area contributed by atoms with Crippen molar-refractivity contribution in [3.63, 3.8) is 0 Å². The highest BCUT2D eigenvalue weighted by molar-refractivity contribution is 6.24. The Kier molecular flexibility index (Phi) is 5.14. The number of para-hydroxylation sites is 1. The predicted octanol–water partition coefficient (Wildman–Crippen LogP) is 9.49. The quantitative estimate of drug-likeness (QED) is 0.223. The fourth-order valence-electron chi connectivity index (χ4n) is 5.81. The van der Waals surface area contributed by atoms with Crippen molar-refractivity contribution in [2.24, 2.45) is 0 Å². The fourth-order valence-corrected chi connectivity index (χ4v) is 5.81. The number of aromatic nitrogens is 3. The van der Waals surface area contributed by atoms with Gasteiger partial charge in [-0.15, -0.1) is 0 Å². The molecule has 0 fully saturated rings. The Morgan fingerprint density at radius 1 is 0.425 bits per heavy atom. The molecule has 0 bridgehead atoms. The molecule has 3 heterocycles. The van der Waals surface area contributed by atoms with Gasteiger partial charge < -0.3 is 0 Å². The van der Waals surface area contributed by atoms with Crippen LogP contribution in [0.1, 0.15) is 0 Å². The maximum Gasteiger partial charge on any atom is 0.0971 e. The second kappa shape index (κ2) is 9.11. The molecule has 0 aliphatic rings. The molecule has 0 unspecified atom stereocenters. The molecule has 3 nitrogen and oxygen atoms in total. The third kappa shape index (κ3) is 3.63. The minimum Gasteiger partial charge on any atom is -0.254 e. The van der Waals surface area contributed by atoms with Crippen LogP contribution in [0.5, 0.6) is 0 Å². The van der Waals surface area contributed by atoms with Crippen molar-refractivity contribution in [3.05, 3.63) is 140 Å². The average molecular weight is 510 g/mol. The molecule has 0 aliphatic heterocycles. The minimum atomic E-state index is 0.913. The zero-order valence-corrected chi connectivity index (χ0v) is 21.6. The molecule has 0 spiro atoms. The first-order valence-corrected chi connectivity index (χ1v) is 13.4. The third-order valence-corrected chi connectivity index (χ3v) is 7.69. The Labute approximate surface area is 231 Å². The Morgan fingerprint density at radius 2 is 1.10 bits per heavy atom. The van der Waals surface area contributed by atoms with E-state index in [1.165, 1.54) is 11.1 Å². The standard InChI is InChI=1S/C37H23N3/c1-3-10-24(11-4-1)27-20-28(25-12-5-2-6-13-25)22-29(21-27)35-32-23-39-37-31(18-17-26-14-9-19-38-36(26)37)34(32)30-15-7-8-16-33(30)40-35/h1-23H. The molecule has 0 aliphatic carbocycles. The monoisotopic (exact) mass is 509 g/mol. The smallest absolute Gasteiger partial charge is 0.0971 e. The second-order valence-corrected chi connectivity index (χ2v) is 10.1. The lowest BCUT2D eigenvalue weighted by Crippen LogP contribution is -1.94. The van der Waals surface area contributed by atoms with Crippen LogP contribution in [0.3, 0.4) is 0 Å². The van der Waals surface area contributed by atoms with Crippen molar-refractivity contribution in [3.8, 4) is 33.5 Å². The number of rotatable bonds is 3. The fraction of sp³-hybridized carbons (Fsp3) is 0. The topological polar surface area (TPSA) is 38.7 Å². The average Bonchev–Trinajstić information content (AvgIpc) is 3.04. The molecule has 8 aromatic rings. The van der Waals surface area contributed by atoms with Gasteiger partial charge in [0.15, 0.2) is 0 Å². The summed E-state index contributed by atoms with van der Waals surface area (Å²) in [7, 11) is 0. The first-order valence-electron chi connectivity index (χ1n) is 13.4. The van der Waals surface area contributed by atoms with Gasteiger partial charge in [-0.1, -0.05) is 97.1 Å². The lowest BCUT2D eigenvalue weighted by atomic mass is 9.92. The first-order chi connectivity index (χ1) is 19.8. The zero-order valence-electron chi connectivity index (χ0n) is 21.6. The number of benzene rings is 5. The van der Waals surface area contributed by atoms with Gasteiger partial charge in [0.05, 0.1) is 22.2 Å². The van der Waals surface area contributed by atoms with E-state index in [1.807, 2.05) is 18.5 Å². The van der Waals surface area contributed by atoms with Crippen molar-refractivity contribution in [2.75, 3.05) is 0 Å². The van der Waals surface area contributed by atoms with Crippen LogP contribution >= 0.6 is 0 Å². The number of fused-ring (bicyclic) bond motifs is 7. The molecule has 3 heteroatoms. The molecule has 0 saturated heterocycles. The molecule has 0 N–H and O–H groups in total. The minimum absolute atomic E-state index is 0.913. The van der Waals surface area contributed by atoms with E-state index >= 15 is 0 Å². The molecule has 186 valence electrons. The molecule has 0 amide bonds. The van der Waals surface area contributed by atoms with Gasteiger partial charge in [0.25, 0.3) is 0 Å². The second-order valence-electron chi connectivity index (χ2n) is 10.1. The van der Waals surface area contributed by atoms with E-state index < -0.39 is 0 Å². The number of pyridine rings is 3. The van der Waals surface area contributed by atoms with Gasteiger partial charge in [-0.25, -0.2) is 4.98 Å². The van der Waals surface area contributed by atoms with E-state index in [9.17, 15) is 0 Å². The lowest BCUT2D eigenvalue weighted by Gasteiger charge is -2.15. The number of nitrogens with zero attached hydrogens (tertiary/aromatic N) is 3. The summed E-state index contributed by atoms with van der Waals surface area (Å²) in [4.78, 5) is 14.9. The lowest BCUT2D eigenvalue weighted by molar-refractivity contribution is 1.37. The summed E-state index contributed by atoms with van der Waals surface area (Å²) in [6, 6.07) is 44.6. The molecular weight excluding hydrogens is 486 g/mol. The third-order valence-electron chi connectivity index (χ3n) is 7.69. The van der Waals surface area contributed by atoms with E-state index in [-0.39, 0.29) is 0 Å². The highest BCUT2D eigenvalue weighted by Gasteiger charge is 2.17. The van der Waals surface area contributed by atoms with Gasteiger partial charge in [0.2, 0.25) is 0 Å². The summed E-state index contributed by atoms with van der Waals surface area (Å²) in [6.45, 7) is 0. The van der Waals surface area contributed by atoms with Gasteiger partial charge in [0.1, 0.15) is 0 Å². The summed E-state index contributed by atoms with van der Waals surface area (Å²) in [5, 5.41) is 5.48. The Hall–Kier alpha value is -5.41. The largest absolute Gasteiger partial charge is 0.254 e. The zero-order chi connectivity index (χ0) is 26.5. The van der Waals surface area contributed by atoms with Crippen LogP contribution in [0.25, 0.3) is 77.0 Å². The van der Waals surface area contributed by atoms with Crippen LogP contribution in [-0.4, -0.2) is 15.0 Å². The Balaban J connectivity index is 1.49. The SMILES string of the molecule is c1ccc(-c2cc(-c3ccccc3)cc(-c3nc4ccccc4c4c3cnc3c4ccc4cccnc43)c2)cc1. The highest BCUT2D eigenvalue weighted by atomic mass is 14.8. The summed E-state index contributed by atoms with van der Waals surface area (Å²) < 4.78 is 0. The van der Waals surface area contributed by atoms with Crippen LogP contribution in [0.15, 0.2) is 140 Å². The summed E-state index contributed by atoms with van der Waals surface area (Å²) in [5.74, 6) is 0. The highest BCUT2D eigenvalue weighted by Crippen LogP contribution is 2.40. The Bertz CT molecular complexity index is 2150. The van der Waals surface area contributed by atoms with E-state index in [0.717, 1.165) is 65.9 Å². The summed E-state index contributed by atoms with van der Waals surface area (Å²) >= 11 is 0. The summed E-state index contributed by atoms with van der Waals surface area (Å²) in [5.41, 5.74) is 9.45. The van der Waals surface area contributed by atoms with Crippen molar-refractivity contribution in [1.82, 2.24) is 15.0 Å². The van der Waals surface area contributed by atoms with Crippen LogP contribution in [0, 0.1) is 0 Å². The van der Waals surface area contributed by atoms with Gasteiger partial charge in [-0.05, 0) is 52.6 Å². The van der Waals surface area contributed by atoms with Gasteiger partial charge in [-0.2, -0.15) is 0 Å². The number of hydrogen-bond acceptors (Lipinski definition) is 3. The van der Waals surface area contributed by atoms with Gasteiger partial charge >= 0.3 is 0 Å². The van der Waals surface area contributed by atoms with Crippen LogP contribution in [-0.2, 0) is 0 Å². The molecule has 8 rings (SSSR count). The van der Waals surface area contributed by atoms with Crippen molar-refractivity contribution >= 4 is 43.5 Å². The van der Waals surface area contributed by atoms with Crippen LogP contribution in [0.2, 0.25) is 0 Å². The van der Waals surface area contributed by atoms with E-state index in [1.54, 1.807) is 0 Å². The maximum atomic E-state index is 5.26. The van der Waals surface area contributed by atoms with Gasteiger partial charge in [0, 0.05) is 44.9 Å². The molecule has 40 heavy (non-hydrogen) atoms. The normalized spacial score (nSPS) is 11.5. The molecule has 3 aromatic heterocycles. The first kappa shape index (κ1) is 22.6. The van der Waals surface area contributed by atoms with Crippen LogP contribution in [0.4, 0.5) is 0 Å². The van der Waals surface area contributed by atoms with E-state index in [0.29, 0.717) is 0 Å². The van der Waals surface area contributed by atoms with Gasteiger partial charge in [-0.3, -0.25) is 9.97 Å². The maximum absolute atomic E-state index is 5.26. The summed E-state index contributed by atoms with van der Waals surface area (Å²) in [6.07, 6.45) is 3.82. The van der Waals surface area contributed by atoms with Crippen molar-refractivity contribution < 1.29 is 0 Å². The predicted molar refractivity (Wildman–Crippen MR) is 166 cm³/mol. The molecule has 0 atom stereocenters. The number of hydrogen-bond donors (Lipinski definition) is 0. The van der Waals surface area contributed by atoms with Crippen LogP contribution < -0.4 is 0 Å². The van der Waals surface area contributed by atoms with E-state index in [2.05, 4.69) is 126 Å². The molecule has 0 radical (unpaired) electrons. The Morgan fingerprint density at radius 3 is 1.85 bits per heavy atom. The molecule has 0 saturated carbocycles. The molecule has 5 aromatic carbocycles. The van der Waals surface area contributed by atoms with Crippen molar-refractivity contribution in [1.29, 1.82) is 0 Å². The van der Waals surface area contributed by atoms with E-state index in [4.69, 9.17) is 9.97 Å². The molecular formula is C37H23N3.